The van der Waals surface area contributed by atoms with E-state index in [1.165, 1.54) is 29.2 Å². The third-order valence-electron chi connectivity index (χ3n) is 3.34. The van der Waals surface area contributed by atoms with E-state index >= 15 is 0 Å². The number of nitrogens with zero attached hydrogens (tertiary/aromatic N) is 1. The number of benzene rings is 2. The van der Waals surface area contributed by atoms with Crippen LogP contribution in [0.15, 0.2) is 54.6 Å². The van der Waals surface area contributed by atoms with Crippen molar-refractivity contribution >= 4 is 5.91 Å². The maximum Gasteiger partial charge on any atom is 0.253 e. The molecule has 0 spiro atoms. The molecule has 0 fully saturated rings. The monoisotopic (exact) mass is 317 g/mol. The standard InChI is InChI=1S/C18H20FNO3/c1-20(18(22)15-7-9-16(19)10-8-15)11-17(21)13-23-12-14-5-3-2-4-6-14/h2-10,17,21H,11-13H2,1H3. The highest BCUT2D eigenvalue weighted by Crippen LogP contribution is 2.07. The van der Waals surface area contributed by atoms with Gasteiger partial charge in [-0.25, -0.2) is 4.39 Å². The molecular formula is C18H20FNO3. The molecule has 0 radical (unpaired) electrons. The third-order valence-corrected chi connectivity index (χ3v) is 3.34. The topological polar surface area (TPSA) is 49.8 Å². The highest BCUT2D eigenvalue weighted by Gasteiger charge is 2.15. The molecule has 0 heterocycles. The largest absolute Gasteiger partial charge is 0.389 e. The Kier molecular flexibility index (Phi) is 6.26. The number of carbonyl (C=O) groups is 1. The van der Waals surface area contributed by atoms with Crippen molar-refractivity contribution in [2.24, 2.45) is 0 Å². The van der Waals surface area contributed by atoms with Gasteiger partial charge in [-0.2, -0.15) is 0 Å². The van der Waals surface area contributed by atoms with Crippen molar-refractivity contribution in [3.63, 3.8) is 0 Å². The summed E-state index contributed by atoms with van der Waals surface area (Å²) in [6.45, 7) is 0.689. The minimum Gasteiger partial charge on any atom is -0.389 e. The van der Waals surface area contributed by atoms with Crippen LogP contribution in [0, 0.1) is 5.82 Å². The molecule has 0 saturated heterocycles. The lowest BCUT2D eigenvalue weighted by Gasteiger charge is -2.21. The van der Waals surface area contributed by atoms with Gasteiger partial charge in [0.25, 0.3) is 5.91 Å². The molecular weight excluding hydrogens is 297 g/mol. The Morgan fingerprint density at radius 3 is 2.48 bits per heavy atom. The summed E-state index contributed by atoms with van der Waals surface area (Å²) in [6, 6.07) is 15.0. The van der Waals surface area contributed by atoms with Gasteiger partial charge in [-0.3, -0.25) is 4.79 Å². The van der Waals surface area contributed by atoms with Gasteiger partial charge < -0.3 is 14.7 Å². The summed E-state index contributed by atoms with van der Waals surface area (Å²) in [5.41, 5.74) is 1.40. The molecule has 23 heavy (non-hydrogen) atoms. The molecule has 0 saturated carbocycles. The first-order valence-corrected chi connectivity index (χ1v) is 7.37. The number of hydrogen-bond acceptors (Lipinski definition) is 3. The van der Waals surface area contributed by atoms with E-state index in [4.69, 9.17) is 4.74 Å². The lowest BCUT2D eigenvalue weighted by Crippen LogP contribution is -2.36. The lowest BCUT2D eigenvalue weighted by atomic mass is 10.2. The Hall–Kier alpha value is -2.24. The molecule has 0 aliphatic carbocycles. The number of hydrogen-bond donors (Lipinski definition) is 1. The van der Waals surface area contributed by atoms with E-state index in [2.05, 4.69) is 0 Å². The van der Waals surface area contributed by atoms with E-state index in [1.54, 1.807) is 7.05 Å². The number of halogens is 1. The Bertz CT molecular complexity index is 616. The summed E-state index contributed by atoms with van der Waals surface area (Å²) in [6.07, 6.45) is -0.784. The molecule has 0 aliphatic heterocycles. The minimum absolute atomic E-state index is 0.135. The smallest absolute Gasteiger partial charge is 0.253 e. The van der Waals surface area contributed by atoms with E-state index in [-0.39, 0.29) is 19.1 Å². The van der Waals surface area contributed by atoms with Gasteiger partial charge in [0, 0.05) is 19.2 Å². The molecule has 1 amide bonds. The third kappa shape index (κ3) is 5.47. The Morgan fingerprint density at radius 2 is 1.83 bits per heavy atom. The van der Waals surface area contributed by atoms with Crippen molar-refractivity contribution in [2.45, 2.75) is 12.7 Å². The van der Waals surface area contributed by atoms with Crippen LogP contribution in [0.2, 0.25) is 0 Å². The number of amides is 1. The summed E-state index contributed by atoms with van der Waals surface area (Å²) >= 11 is 0. The fourth-order valence-corrected chi connectivity index (χ4v) is 2.15. The minimum atomic E-state index is -0.784. The zero-order chi connectivity index (χ0) is 16.7. The molecule has 2 rings (SSSR count). The van der Waals surface area contributed by atoms with E-state index in [1.807, 2.05) is 30.3 Å². The molecule has 2 aromatic carbocycles. The van der Waals surface area contributed by atoms with Gasteiger partial charge in [-0.15, -0.1) is 0 Å². The maximum atomic E-state index is 12.9. The second kappa shape index (κ2) is 8.41. The van der Waals surface area contributed by atoms with Gasteiger partial charge >= 0.3 is 0 Å². The van der Waals surface area contributed by atoms with Gasteiger partial charge in [0.05, 0.1) is 19.3 Å². The second-order valence-corrected chi connectivity index (χ2v) is 5.35. The molecule has 0 aliphatic rings. The quantitative estimate of drug-likeness (QED) is 0.853. The number of carbonyl (C=O) groups excluding carboxylic acids is 1. The molecule has 0 aromatic heterocycles. The van der Waals surface area contributed by atoms with Crippen LogP contribution in [-0.4, -0.2) is 42.2 Å². The number of aliphatic hydroxyl groups is 1. The molecule has 2 aromatic rings. The van der Waals surface area contributed by atoms with Crippen LogP contribution in [0.4, 0.5) is 4.39 Å². The molecule has 1 N–H and O–H groups in total. The molecule has 5 heteroatoms. The molecule has 0 bridgehead atoms. The highest BCUT2D eigenvalue weighted by molar-refractivity contribution is 5.94. The summed E-state index contributed by atoms with van der Waals surface area (Å²) in [7, 11) is 1.59. The van der Waals surface area contributed by atoms with Gasteiger partial charge in [0.2, 0.25) is 0 Å². The van der Waals surface area contributed by atoms with Crippen LogP contribution in [0.25, 0.3) is 0 Å². The van der Waals surface area contributed by atoms with Crippen molar-refractivity contribution in [1.29, 1.82) is 0 Å². The number of aliphatic hydroxyl groups excluding tert-OH is 1. The van der Waals surface area contributed by atoms with Gasteiger partial charge in [-0.05, 0) is 29.8 Å². The predicted molar refractivity (Wildman–Crippen MR) is 85.5 cm³/mol. The van der Waals surface area contributed by atoms with Crippen LogP contribution >= 0.6 is 0 Å². The van der Waals surface area contributed by atoms with Crippen molar-refractivity contribution in [3.05, 3.63) is 71.5 Å². The van der Waals surface area contributed by atoms with Crippen LogP contribution in [-0.2, 0) is 11.3 Å². The average molecular weight is 317 g/mol. The lowest BCUT2D eigenvalue weighted by molar-refractivity contribution is 0.0137. The molecule has 1 unspecified atom stereocenters. The van der Waals surface area contributed by atoms with Crippen LogP contribution in [0.1, 0.15) is 15.9 Å². The SMILES string of the molecule is CN(CC(O)COCc1ccccc1)C(=O)c1ccc(F)cc1. The zero-order valence-electron chi connectivity index (χ0n) is 13.0. The first-order chi connectivity index (χ1) is 11.1. The van der Waals surface area contributed by atoms with E-state index < -0.39 is 11.9 Å². The second-order valence-electron chi connectivity index (χ2n) is 5.35. The highest BCUT2D eigenvalue weighted by atomic mass is 19.1. The van der Waals surface area contributed by atoms with Crippen LogP contribution in [0.5, 0.6) is 0 Å². The zero-order valence-corrected chi connectivity index (χ0v) is 13.0. The Morgan fingerprint density at radius 1 is 1.17 bits per heavy atom. The van der Waals surface area contributed by atoms with E-state index in [0.717, 1.165) is 5.56 Å². The summed E-state index contributed by atoms with van der Waals surface area (Å²) < 4.78 is 18.3. The summed E-state index contributed by atoms with van der Waals surface area (Å²) in [5, 5.41) is 9.96. The van der Waals surface area contributed by atoms with Crippen LogP contribution in [0.3, 0.4) is 0 Å². The number of likely N-dealkylation sites (N-methyl/N-ethyl adjacent to an activating group) is 1. The summed E-state index contributed by atoms with van der Waals surface area (Å²) in [5.74, 6) is -0.661. The normalized spacial score (nSPS) is 12.0. The average Bonchev–Trinajstić information content (AvgIpc) is 2.56. The van der Waals surface area contributed by atoms with Gasteiger partial charge in [0.1, 0.15) is 5.82 Å². The fourth-order valence-electron chi connectivity index (χ4n) is 2.15. The predicted octanol–water partition coefficient (Wildman–Crippen LogP) is 2.48. The van der Waals surface area contributed by atoms with E-state index in [0.29, 0.717) is 12.2 Å². The summed E-state index contributed by atoms with van der Waals surface area (Å²) in [4.78, 5) is 13.5. The van der Waals surface area contributed by atoms with Gasteiger partial charge in [0.15, 0.2) is 0 Å². The van der Waals surface area contributed by atoms with Crippen molar-refractivity contribution in [3.8, 4) is 0 Å². The van der Waals surface area contributed by atoms with E-state index in [9.17, 15) is 14.3 Å². The molecule has 122 valence electrons. The number of ether oxygens (including phenoxy) is 1. The van der Waals surface area contributed by atoms with Crippen LogP contribution < -0.4 is 0 Å². The first kappa shape index (κ1) is 17.1. The van der Waals surface area contributed by atoms with Crippen molar-refractivity contribution in [2.75, 3.05) is 20.2 Å². The Labute approximate surface area is 135 Å². The van der Waals surface area contributed by atoms with Crippen molar-refractivity contribution in [1.82, 2.24) is 4.90 Å². The number of rotatable bonds is 7. The Balaban J connectivity index is 1.76. The molecule has 4 nitrogen and oxygen atoms in total. The van der Waals surface area contributed by atoms with Gasteiger partial charge in [-0.1, -0.05) is 30.3 Å². The van der Waals surface area contributed by atoms with Crippen molar-refractivity contribution < 1.29 is 19.0 Å². The first-order valence-electron chi connectivity index (χ1n) is 7.37. The molecule has 1 atom stereocenters. The fraction of sp³-hybridized carbons (Fsp3) is 0.278. The maximum absolute atomic E-state index is 12.9.